The van der Waals surface area contributed by atoms with Gasteiger partial charge >= 0.3 is 0 Å². The summed E-state index contributed by atoms with van der Waals surface area (Å²) in [4.78, 5) is 0. The van der Waals surface area contributed by atoms with Crippen molar-refractivity contribution in [2.75, 3.05) is 19.5 Å². The van der Waals surface area contributed by atoms with Crippen LogP contribution < -0.4 is 4.74 Å². The Bertz CT molecular complexity index is 507. The number of methoxy groups -OCH3 is 1. The lowest BCUT2D eigenvalue weighted by Gasteiger charge is -2.15. The lowest BCUT2D eigenvalue weighted by molar-refractivity contribution is 0.126. The minimum absolute atomic E-state index is 0.178. The van der Waals surface area contributed by atoms with Gasteiger partial charge in [0.25, 0.3) is 0 Å². The fraction of sp³-hybridized carbons (Fsp3) is 0.571. The molecule has 0 aromatic heterocycles. The maximum absolute atomic E-state index is 12.2. The maximum atomic E-state index is 12.2. The Morgan fingerprint density at radius 3 is 2.53 bits per heavy atom. The summed E-state index contributed by atoms with van der Waals surface area (Å²) in [5.41, 5.74) is 1.01. The molecule has 0 spiro atoms. The lowest BCUT2D eigenvalue weighted by atomic mass is 10.2. The van der Waals surface area contributed by atoms with Gasteiger partial charge in [0.05, 0.1) is 24.2 Å². The van der Waals surface area contributed by atoms with E-state index in [2.05, 4.69) is 0 Å². The molecule has 1 saturated heterocycles. The molecule has 19 heavy (non-hydrogen) atoms. The van der Waals surface area contributed by atoms with Gasteiger partial charge in [0.15, 0.2) is 9.84 Å². The summed E-state index contributed by atoms with van der Waals surface area (Å²) in [7, 11) is -1.47. The molecule has 1 aromatic carbocycles. The van der Waals surface area contributed by atoms with Crippen LogP contribution in [0.25, 0.3) is 0 Å². The first kappa shape index (κ1) is 14.3. The number of rotatable bonds is 5. The second-order valence-electron chi connectivity index (χ2n) is 4.87. The number of aryl methyl sites for hydroxylation is 1. The van der Waals surface area contributed by atoms with Gasteiger partial charge in [0.2, 0.25) is 0 Å². The molecule has 0 amide bonds. The predicted molar refractivity (Wildman–Crippen MR) is 74.3 cm³/mol. The highest BCUT2D eigenvalue weighted by atomic mass is 32.2. The van der Waals surface area contributed by atoms with Crippen LogP contribution in [0.3, 0.4) is 0 Å². The van der Waals surface area contributed by atoms with Crippen LogP contribution in [0.15, 0.2) is 24.3 Å². The average Bonchev–Trinajstić information content (AvgIpc) is 2.84. The van der Waals surface area contributed by atoms with E-state index in [0.29, 0.717) is 19.4 Å². The van der Waals surface area contributed by atoms with Crippen molar-refractivity contribution in [2.24, 2.45) is 0 Å². The van der Waals surface area contributed by atoms with Crippen molar-refractivity contribution in [2.45, 2.75) is 31.1 Å². The van der Waals surface area contributed by atoms with E-state index in [1.165, 1.54) is 0 Å². The summed E-state index contributed by atoms with van der Waals surface area (Å²) in [6.07, 6.45) is 0.975. The SMILES string of the molecule is COc1ccc(CCS(=O)(=O)C2CCOC2C)cc1. The molecule has 5 heteroatoms. The van der Waals surface area contributed by atoms with E-state index < -0.39 is 9.84 Å². The number of sulfone groups is 1. The van der Waals surface area contributed by atoms with Crippen molar-refractivity contribution >= 4 is 9.84 Å². The van der Waals surface area contributed by atoms with Gasteiger partial charge in [-0.2, -0.15) is 0 Å². The largest absolute Gasteiger partial charge is 0.497 e. The van der Waals surface area contributed by atoms with Gasteiger partial charge in [-0.05, 0) is 37.5 Å². The quantitative estimate of drug-likeness (QED) is 0.828. The van der Waals surface area contributed by atoms with Crippen molar-refractivity contribution in [1.82, 2.24) is 0 Å². The number of hydrogen-bond acceptors (Lipinski definition) is 4. The average molecular weight is 284 g/mol. The van der Waals surface area contributed by atoms with Crippen LogP contribution >= 0.6 is 0 Å². The topological polar surface area (TPSA) is 52.6 Å². The first-order chi connectivity index (χ1) is 9.03. The Labute approximate surface area is 114 Å². The third kappa shape index (κ3) is 3.48. The van der Waals surface area contributed by atoms with Gasteiger partial charge in [0.1, 0.15) is 5.75 Å². The maximum Gasteiger partial charge on any atom is 0.156 e. The van der Waals surface area contributed by atoms with Gasteiger partial charge in [-0.15, -0.1) is 0 Å². The fourth-order valence-corrected chi connectivity index (χ4v) is 4.33. The molecule has 1 fully saturated rings. The molecule has 1 aliphatic rings. The van der Waals surface area contributed by atoms with E-state index in [9.17, 15) is 8.42 Å². The van der Waals surface area contributed by atoms with Gasteiger partial charge in [-0.1, -0.05) is 12.1 Å². The zero-order valence-corrected chi connectivity index (χ0v) is 12.2. The van der Waals surface area contributed by atoms with Crippen LogP contribution in [0.4, 0.5) is 0 Å². The Morgan fingerprint density at radius 2 is 2.00 bits per heavy atom. The van der Waals surface area contributed by atoms with Gasteiger partial charge in [-0.25, -0.2) is 8.42 Å². The van der Waals surface area contributed by atoms with Crippen molar-refractivity contribution in [1.29, 1.82) is 0 Å². The van der Waals surface area contributed by atoms with Crippen LogP contribution in [-0.4, -0.2) is 39.2 Å². The first-order valence-electron chi connectivity index (χ1n) is 6.49. The normalized spacial score (nSPS) is 23.5. The van der Waals surface area contributed by atoms with E-state index in [-0.39, 0.29) is 17.1 Å². The Morgan fingerprint density at radius 1 is 1.32 bits per heavy atom. The van der Waals surface area contributed by atoms with Gasteiger partial charge in [-0.3, -0.25) is 0 Å². The summed E-state index contributed by atoms with van der Waals surface area (Å²) in [6, 6.07) is 7.51. The smallest absolute Gasteiger partial charge is 0.156 e. The molecule has 1 heterocycles. The van der Waals surface area contributed by atoms with Crippen molar-refractivity contribution in [3.05, 3.63) is 29.8 Å². The van der Waals surface area contributed by atoms with E-state index in [1.54, 1.807) is 7.11 Å². The van der Waals surface area contributed by atoms with E-state index >= 15 is 0 Å². The molecule has 0 saturated carbocycles. The van der Waals surface area contributed by atoms with Crippen molar-refractivity contribution < 1.29 is 17.9 Å². The van der Waals surface area contributed by atoms with E-state index in [4.69, 9.17) is 9.47 Å². The third-order valence-electron chi connectivity index (χ3n) is 3.60. The minimum atomic E-state index is -3.08. The summed E-state index contributed by atoms with van der Waals surface area (Å²) in [6.45, 7) is 2.39. The number of ether oxygens (including phenoxy) is 2. The van der Waals surface area contributed by atoms with E-state index in [0.717, 1.165) is 11.3 Å². The highest BCUT2D eigenvalue weighted by Crippen LogP contribution is 2.22. The Kier molecular flexibility index (Phi) is 4.47. The Hall–Kier alpha value is -1.07. The highest BCUT2D eigenvalue weighted by Gasteiger charge is 2.35. The predicted octanol–water partition coefficient (Wildman–Crippen LogP) is 1.83. The molecule has 0 aliphatic carbocycles. The zero-order valence-electron chi connectivity index (χ0n) is 11.3. The summed E-state index contributed by atoms with van der Waals surface area (Å²) in [5, 5.41) is -0.342. The lowest BCUT2D eigenvalue weighted by Crippen LogP contribution is -2.30. The molecular weight excluding hydrogens is 264 g/mol. The summed E-state index contributed by atoms with van der Waals surface area (Å²) < 4.78 is 34.9. The molecule has 0 N–H and O–H groups in total. The van der Waals surface area contributed by atoms with Crippen molar-refractivity contribution in [3.63, 3.8) is 0 Å². The number of benzene rings is 1. The van der Waals surface area contributed by atoms with Crippen molar-refractivity contribution in [3.8, 4) is 5.75 Å². The second-order valence-corrected chi connectivity index (χ2v) is 7.21. The zero-order chi connectivity index (χ0) is 13.9. The fourth-order valence-electron chi connectivity index (χ4n) is 2.39. The number of hydrogen-bond donors (Lipinski definition) is 0. The molecule has 2 atom stereocenters. The van der Waals surface area contributed by atoms with Crippen LogP contribution in [0.1, 0.15) is 18.9 Å². The first-order valence-corrected chi connectivity index (χ1v) is 8.20. The molecule has 2 unspecified atom stereocenters. The van der Waals surface area contributed by atoms with Gasteiger partial charge in [0, 0.05) is 6.61 Å². The van der Waals surface area contributed by atoms with E-state index in [1.807, 2.05) is 31.2 Å². The standard InChI is InChI=1S/C14H20O4S/c1-11-14(7-9-18-11)19(15,16)10-8-12-3-5-13(17-2)6-4-12/h3-6,11,14H,7-10H2,1-2H3. The molecule has 1 aromatic rings. The van der Waals surface area contributed by atoms with Crippen LogP contribution in [-0.2, 0) is 21.0 Å². The third-order valence-corrected chi connectivity index (χ3v) is 5.92. The summed E-state index contributed by atoms with van der Waals surface area (Å²) in [5.74, 6) is 0.960. The molecule has 106 valence electrons. The molecule has 0 bridgehead atoms. The second kappa shape index (κ2) is 5.92. The molecule has 0 radical (unpaired) electrons. The summed E-state index contributed by atoms with van der Waals surface area (Å²) >= 11 is 0. The molecule has 2 rings (SSSR count). The molecular formula is C14H20O4S. The van der Waals surface area contributed by atoms with Crippen LogP contribution in [0.2, 0.25) is 0 Å². The van der Waals surface area contributed by atoms with Crippen LogP contribution in [0, 0.1) is 0 Å². The van der Waals surface area contributed by atoms with Crippen LogP contribution in [0.5, 0.6) is 5.75 Å². The highest BCUT2D eigenvalue weighted by molar-refractivity contribution is 7.92. The Balaban J connectivity index is 1.97. The monoisotopic (exact) mass is 284 g/mol. The minimum Gasteiger partial charge on any atom is -0.497 e. The molecule has 1 aliphatic heterocycles. The van der Waals surface area contributed by atoms with Gasteiger partial charge < -0.3 is 9.47 Å². The molecule has 4 nitrogen and oxygen atoms in total.